The van der Waals surface area contributed by atoms with Crippen molar-refractivity contribution in [3.05, 3.63) is 53.6 Å². The Morgan fingerprint density at radius 2 is 1.81 bits per heavy atom. The van der Waals surface area contributed by atoms with Crippen LogP contribution in [0.1, 0.15) is 35.7 Å². The highest BCUT2D eigenvalue weighted by molar-refractivity contribution is 6.02. The van der Waals surface area contributed by atoms with Gasteiger partial charge in [-0.3, -0.25) is 14.5 Å². The maximum atomic E-state index is 12.9. The van der Waals surface area contributed by atoms with Gasteiger partial charge in [0.05, 0.1) is 12.3 Å². The Hall–Kier alpha value is -2.57. The number of carbonyl (C=O) groups is 2. The molecule has 31 heavy (non-hydrogen) atoms. The highest BCUT2D eigenvalue weighted by Crippen LogP contribution is 2.29. The van der Waals surface area contributed by atoms with E-state index in [1.54, 1.807) is 0 Å². The van der Waals surface area contributed by atoms with Crippen molar-refractivity contribution in [3.8, 4) is 5.75 Å². The summed E-state index contributed by atoms with van der Waals surface area (Å²) in [5.74, 6) is 1.12. The molecule has 4 rings (SSSR count). The molecule has 2 aromatic carbocycles. The first-order valence-corrected chi connectivity index (χ1v) is 10.8. The van der Waals surface area contributed by atoms with Gasteiger partial charge in [0, 0.05) is 56.8 Å². The number of piperazine rings is 1. The maximum Gasteiger partial charge on any atom is 0.224 e. The van der Waals surface area contributed by atoms with Crippen LogP contribution in [0, 0.1) is 0 Å². The molecule has 1 saturated heterocycles. The number of rotatable bonds is 7. The van der Waals surface area contributed by atoms with Crippen LogP contribution in [0.5, 0.6) is 5.75 Å². The molecule has 0 bridgehead atoms. The summed E-state index contributed by atoms with van der Waals surface area (Å²) in [6.45, 7) is 7.12. The van der Waals surface area contributed by atoms with E-state index in [4.69, 9.17) is 4.74 Å². The average molecular weight is 444 g/mol. The highest BCUT2D eigenvalue weighted by Gasteiger charge is 2.23. The van der Waals surface area contributed by atoms with E-state index in [1.165, 1.54) is 0 Å². The molecule has 2 heterocycles. The number of amides is 1. The van der Waals surface area contributed by atoms with Gasteiger partial charge in [-0.2, -0.15) is 0 Å². The summed E-state index contributed by atoms with van der Waals surface area (Å²) in [6.07, 6.45) is 1.59. The first-order valence-electron chi connectivity index (χ1n) is 10.8. The third-order valence-corrected chi connectivity index (χ3v) is 5.89. The van der Waals surface area contributed by atoms with Gasteiger partial charge in [-0.25, -0.2) is 0 Å². The number of fused-ring (bicyclic) bond motifs is 1. The number of benzene rings is 2. The Kier molecular flexibility index (Phi) is 7.93. The number of nitrogens with one attached hydrogen (secondary N) is 1. The number of ketones is 1. The van der Waals surface area contributed by atoms with Gasteiger partial charge in [-0.1, -0.05) is 24.3 Å². The van der Waals surface area contributed by atoms with Gasteiger partial charge in [-0.15, -0.1) is 12.4 Å². The van der Waals surface area contributed by atoms with Crippen LogP contribution >= 0.6 is 12.4 Å². The van der Waals surface area contributed by atoms with Crippen molar-refractivity contribution in [2.75, 3.05) is 49.5 Å². The lowest BCUT2D eigenvalue weighted by atomic mass is 9.94. The molecule has 2 aliphatic heterocycles. The number of nitrogens with zero attached hydrogens (tertiary/aromatic N) is 2. The van der Waals surface area contributed by atoms with E-state index >= 15 is 0 Å². The lowest BCUT2D eigenvalue weighted by Gasteiger charge is -2.36. The molecule has 166 valence electrons. The molecule has 1 amide bonds. The van der Waals surface area contributed by atoms with E-state index in [1.807, 2.05) is 43.3 Å². The number of anilines is 2. The second-order valence-corrected chi connectivity index (χ2v) is 7.78. The van der Waals surface area contributed by atoms with Crippen molar-refractivity contribution >= 4 is 35.5 Å². The quantitative estimate of drug-likeness (QED) is 0.660. The van der Waals surface area contributed by atoms with Gasteiger partial charge < -0.3 is 15.0 Å². The third-order valence-electron chi connectivity index (χ3n) is 5.89. The number of para-hydroxylation sites is 2. The van der Waals surface area contributed by atoms with Gasteiger partial charge >= 0.3 is 0 Å². The SMILES string of the molecule is CCOc1ccccc1N1CCN(CCC(=O)c2cccc3c2CCC(=O)N3)CC1.Cl. The van der Waals surface area contributed by atoms with Crippen LogP contribution in [0.25, 0.3) is 0 Å². The van der Waals surface area contributed by atoms with Crippen molar-refractivity contribution in [3.63, 3.8) is 0 Å². The molecule has 2 aromatic rings. The molecular formula is C24H30ClN3O3. The summed E-state index contributed by atoms with van der Waals surface area (Å²) < 4.78 is 5.77. The normalized spacial score (nSPS) is 16.2. The lowest BCUT2D eigenvalue weighted by Crippen LogP contribution is -2.47. The number of ether oxygens (including phenoxy) is 1. The third kappa shape index (κ3) is 5.38. The van der Waals surface area contributed by atoms with Crippen LogP contribution in [0.4, 0.5) is 11.4 Å². The predicted molar refractivity (Wildman–Crippen MR) is 126 cm³/mol. The Morgan fingerprint density at radius 1 is 1.03 bits per heavy atom. The molecule has 2 aliphatic rings. The van der Waals surface area contributed by atoms with Crippen LogP contribution in [0.2, 0.25) is 0 Å². The summed E-state index contributed by atoms with van der Waals surface area (Å²) in [6, 6.07) is 13.8. The summed E-state index contributed by atoms with van der Waals surface area (Å²) in [4.78, 5) is 29.2. The minimum Gasteiger partial charge on any atom is -0.492 e. The van der Waals surface area contributed by atoms with Crippen LogP contribution < -0.4 is 15.0 Å². The number of hydrogen-bond donors (Lipinski definition) is 1. The zero-order valence-electron chi connectivity index (χ0n) is 17.9. The predicted octanol–water partition coefficient (Wildman–Crippen LogP) is 3.79. The van der Waals surface area contributed by atoms with Crippen LogP contribution in [0.15, 0.2) is 42.5 Å². The average Bonchev–Trinajstić information content (AvgIpc) is 2.78. The second-order valence-electron chi connectivity index (χ2n) is 7.78. The molecule has 0 spiro atoms. The fourth-order valence-corrected chi connectivity index (χ4v) is 4.29. The molecule has 0 radical (unpaired) electrons. The second kappa shape index (κ2) is 10.6. The topological polar surface area (TPSA) is 61.9 Å². The summed E-state index contributed by atoms with van der Waals surface area (Å²) in [7, 11) is 0. The summed E-state index contributed by atoms with van der Waals surface area (Å²) >= 11 is 0. The maximum absolute atomic E-state index is 12.9. The Morgan fingerprint density at radius 3 is 2.58 bits per heavy atom. The van der Waals surface area contributed by atoms with Crippen LogP contribution in [-0.4, -0.2) is 55.9 Å². The number of carbonyl (C=O) groups excluding carboxylic acids is 2. The first kappa shape index (κ1) is 23.1. The van der Waals surface area contributed by atoms with Crippen molar-refractivity contribution in [1.82, 2.24) is 4.90 Å². The molecule has 0 aromatic heterocycles. The van der Waals surface area contributed by atoms with Gasteiger partial charge in [0.25, 0.3) is 0 Å². The zero-order chi connectivity index (χ0) is 20.9. The minimum atomic E-state index is 0. The van der Waals surface area contributed by atoms with E-state index in [-0.39, 0.29) is 24.1 Å². The molecule has 0 atom stereocenters. The van der Waals surface area contributed by atoms with Gasteiger partial charge in [0.1, 0.15) is 5.75 Å². The summed E-state index contributed by atoms with van der Waals surface area (Å²) in [5.41, 5.74) is 3.68. The lowest BCUT2D eigenvalue weighted by molar-refractivity contribution is -0.116. The van der Waals surface area contributed by atoms with Gasteiger partial charge in [0.15, 0.2) is 5.78 Å². The van der Waals surface area contributed by atoms with E-state index < -0.39 is 0 Å². The van der Waals surface area contributed by atoms with E-state index in [9.17, 15) is 9.59 Å². The molecule has 1 N–H and O–H groups in total. The molecule has 6 nitrogen and oxygen atoms in total. The van der Waals surface area contributed by atoms with Crippen molar-refractivity contribution < 1.29 is 14.3 Å². The van der Waals surface area contributed by atoms with E-state index in [0.717, 1.165) is 61.0 Å². The fraction of sp³-hybridized carbons (Fsp3) is 0.417. The number of halogens is 1. The van der Waals surface area contributed by atoms with Crippen molar-refractivity contribution in [2.24, 2.45) is 0 Å². The van der Waals surface area contributed by atoms with Crippen LogP contribution in [0.3, 0.4) is 0 Å². The Balaban J connectivity index is 0.00000272. The molecule has 0 saturated carbocycles. The Bertz CT molecular complexity index is 926. The van der Waals surface area contributed by atoms with Crippen molar-refractivity contribution in [1.29, 1.82) is 0 Å². The number of Topliss-reactive ketones (excluding diaryl/α,β-unsaturated/α-hetero) is 1. The molecule has 0 aliphatic carbocycles. The van der Waals surface area contributed by atoms with Crippen molar-refractivity contribution in [2.45, 2.75) is 26.2 Å². The monoisotopic (exact) mass is 443 g/mol. The standard InChI is InChI=1S/C24H29N3O3.ClH/c1-2-30-23-9-4-3-8-21(23)27-16-14-26(15-17-27)13-12-22(28)19-6-5-7-20-18(19)10-11-24(29)25-20;/h3-9H,2,10-17H2,1H3,(H,25,29);1H. The number of hydrogen-bond acceptors (Lipinski definition) is 5. The van der Waals surface area contributed by atoms with E-state index in [2.05, 4.69) is 21.2 Å². The molecular weight excluding hydrogens is 414 g/mol. The highest BCUT2D eigenvalue weighted by atomic mass is 35.5. The largest absolute Gasteiger partial charge is 0.492 e. The minimum absolute atomic E-state index is 0. The van der Waals surface area contributed by atoms with Gasteiger partial charge in [-0.05, 0) is 37.1 Å². The van der Waals surface area contributed by atoms with E-state index in [0.29, 0.717) is 25.9 Å². The fourth-order valence-electron chi connectivity index (χ4n) is 4.29. The summed E-state index contributed by atoms with van der Waals surface area (Å²) in [5, 5.41) is 2.88. The van der Waals surface area contributed by atoms with Gasteiger partial charge in [0.2, 0.25) is 5.91 Å². The Labute approximate surface area is 190 Å². The molecule has 7 heteroatoms. The zero-order valence-corrected chi connectivity index (χ0v) is 18.7. The molecule has 1 fully saturated rings. The molecule has 0 unspecified atom stereocenters. The van der Waals surface area contributed by atoms with Crippen LogP contribution in [-0.2, 0) is 11.2 Å². The smallest absolute Gasteiger partial charge is 0.224 e. The first-order chi connectivity index (χ1) is 14.7.